The molecule has 2 amide bonds. The monoisotopic (exact) mass is 290 g/mol. The van der Waals surface area contributed by atoms with Gasteiger partial charge in [0.1, 0.15) is 0 Å². The minimum Gasteiger partial charge on any atom is -0.373 e. The van der Waals surface area contributed by atoms with Crippen LogP contribution < -0.4 is 10.6 Å². The Kier molecular flexibility index (Phi) is 3.80. The standard InChI is InChI=1S/C15H22N4O2/c1-15(2)8-11(9-21-15)18-14(20)19-12(10-4-5-10)13-16-6-3-7-17-13/h3,6-7,10-12H,4-5,8-9H2,1-2H3,(H2,18,19,20). The summed E-state index contributed by atoms with van der Waals surface area (Å²) >= 11 is 0. The molecule has 114 valence electrons. The van der Waals surface area contributed by atoms with Gasteiger partial charge in [-0.2, -0.15) is 0 Å². The first kappa shape index (κ1) is 14.3. The normalized spacial score (nSPS) is 25.3. The molecule has 1 saturated carbocycles. The van der Waals surface area contributed by atoms with Crippen LogP contribution in [0.1, 0.15) is 45.0 Å². The molecule has 6 nitrogen and oxygen atoms in total. The predicted octanol–water partition coefficient (Wildman–Crippen LogP) is 1.79. The minimum atomic E-state index is -0.161. The van der Waals surface area contributed by atoms with Crippen molar-refractivity contribution in [3.8, 4) is 0 Å². The molecule has 1 aromatic rings. The van der Waals surface area contributed by atoms with Gasteiger partial charge in [-0.3, -0.25) is 0 Å². The summed E-state index contributed by atoms with van der Waals surface area (Å²) in [5.41, 5.74) is -0.156. The van der Waals surface area contributed by atoms with E-state index in [1.807, 2.05) is 13.8 Å². The number of amides is 2. The number of urea groups is 1. The molecule has 2 N–H and O–H groups in total. The number of nitrogens with one attached hydrogen (secondary N) is 2. The van der Waals surface area contributed by atoms with E-state index in [1.165, 1.54) is 0 Å². The molecule has 0 radical (unpaired) electrons. The van der Waals surface area contributed by atoms with Crippen molar-refractivity contribution in [3.63, 3.8) is 0 Å². The third kappa shape index (κ3) is 3.69. The highest BCUT2D eigenvalue weighted by molar-refractivity contribution is 5.74. The van der Waals surface area contributed by atoms with Crippen LogP contribution in [0.15, 0.2) is 18.5 Å². The first-order chi connectivity index (χ1) is 10.0. The smallest absolute Gasteiger partial charge is 0.315 e. The molecule has 0 bridgehead atoms. The minimum absolute atomic E-state index is 0.0662. The Bertz CT molecular complexity index is 502. The number of hydrogen-bond acceptors (Lipinski definition) is 4. The molecule has 1 saturated heterocycles. The molecule has 2 fully saturated rings. The van der Waals surface area contributed by atoms with E-state index in [9.17, 15) is 4.79 Å². The number of aromatic nitrogens is 2. The van der Waals surface area contributed by atoms with Crippen LogP contribution in [0, 0.1) is 5.92 Å². The lowest BCUT2D eigenvalue weighted by Gasteiger charge is -2.19. The highest BCUT2D eigenvalue weighted by Crippen LogP contribution is 2.39. The molecule has 2 unspecified atom stereocenters. The van der Waals surface area contributed by atoms with E-state index in [-0.39, 0.29) is 23.7 Å². The molecule has 2 aliphatic rings. The van der Waals surface area contributed by atoms with Crippen molar-refractivity contribution in [3.05, 3.63) is 24.3 Å². The van der Waals surface area contributed by atoms with E-state index < -0.39 is 0 Å². The Hall–Kier alpha value is -1.69. The zero-order valence-corrected chi connectivity index (χ0v) is 12.5. The zero-order chi connectivity index (χ0) is 14.9. The average molecular weight is 290 g/mol. The van der Waals surface area contributed by atoms with Gasteiger partial charge in [-0.25, -0.2) is 14.8 Å². The van der Waals surface area contributed by atoms with Gasteiger partial charge in [0.05, 0.1) is 24.3 Å². The molecule has 1 aromatic heterocycles. The second-order valence-electron chi connectivity index (χ2n) is 6.51. The summed E-state index contributed by atoms with van der Waals surface area (Å²) in [7, 11) is 0. The van der Waals surface area contributed by atoms with E-state index >= 15 is 0 Å². The summed E-state index contributed by atoms with van der Waals surface area (Å²) in [6, 6.07) is 1.59. The molecule has 21 heavy (non-hydrogen) atoms. The molecule has 6 heteroatoms. The summed E-state index contributed by atoms with van der Waals surface area (Å²) in [6.07, 6.45) is 6.48. The molecule has 3 rings (SSSR count). The van der Waals surface area contributed by atoms with Gasteiger partial charge in [-0.1, -0.05) is 0 Å². The molecule has 0 aromatic carbocycles. The van der Waals surface area contributed by atoms with Crippen LogP contribution in [-0.2, 0) is 4.74 Å². The van der Waals surface area contributed by atoms with Gasteiger partial charge in [0.2, 0.25) is 0 Å². The van der Waals surface area contributed by atoms with Gasteiger partial charge in [-0.05, 0) is 45.1 Å². The van der Waals surface area contributed by atoms with Crippen LogP contribution in [0.4, 0.5) is 4.79 Å². The quantitative estimate of drug-likeness (QED) is 0.886. The Morgan fingerprint density at radius 3 is 2.67 bits per heavy atom. The van der Waals surface area contributed by atoms with Crippen LogP contribution in [0.3, 0.4) is 0 Å². The van der Waals surface area contributed by atoms with Gasteiger partial charge in [0.25, 0.3) is 0 Å². The first-order valence-corrected chi connectivity index (χ1v) is 7.51. The Morgan fingerprint density at radius 2 is 2.10 bits per heavy atom. The predicted molar refractivity (Wildman–Crippen MR) is 77.6 cm³/mol. The Labute approximate surface area is 124 Å². The summed E-state index contributed by atoms with van der Waals surface area (Å²) in [4.78, 5) is 20.7. The van der Waals surface area contributed by atoms with E-state index in [2.05, 4.69) is 20.6 Å². The maximum atomic E-state index is 12.2. The molecular formula is C15H22N4O2. The third-order valence-electron chi connectivity index (χ3n) is 3.99. The Balaban J connectivity index is 1.58. The number of carbonyl (C=O) groups excluding carboxylic acids is 1. The number of rotatable bonds is 4. The zero-order valence-electron chi connectivity index (χ0n) is 12.5. The van der Waals surface area contributed by atoms with Crippen molar-refractivity contribution in [2.45, 2.75) is 50.8 Å². The van der Waals surface area contributed by atoms with Crippen LogP contribution in [0.25, 0.3) is 0 Å². The maximum absolute atomic E-state index is 12.2. The molecule has 2 heterocycles. The number of ether oxygens (including phenoxy) is 1. The lowest BCUT2D eigenvalue weighted by molar-refractivity contribution is 0.0358. The second-order valence-corrected chi connectivity index (χ2v) is 6.51. The van der Waals surface area contributed by atoms with Gasteiger partial charge in [0.15, 0.2) is 5.82 Å². The van der Waals surface area contributed by atoms with Gasteiger partial charge in [0, 0.05) is 12.4 Å². The fraction of sp³-hybridized carbons (Fsp3) is 0.667. The van der Waals surface area contributed by atoms with Crippen LogP contribution in [0.5, 0.6) is 0 Å². The lowest BCUT2D eigenvalue weighted by atomic mass is 10.0. The maximum Gasteiger partial charge on any atom is 0.315 e. The van der Waals surface area contributed by atoms with Crippen molar-refractivity contribution in [2.75, 3.05) is 6.61 Å². The van der Waals surface area contributed by atoms with Crippen molar-refractivity contribution in [1.82, 2.24) is 20.6 Å². The molecule has 1 aliphatic heterocycles. The van der Waals surface area contributed by atoms with Crippen molar-refractivity contribution in [2.24, 2.45) is 5.92 Å². The third-order valence-corrected chi connectivity index (χ3v) is 3.99. The second kappa shape index (κ2) is 5.60. The topological polar surface area (TPSA) is 76.1 Å². The molecule has 1 aliphatic carbocycles. The van der Waals surface area contributed by atoms with Crippen LogP contribution >= 0.6 is 0 Å². The summed E-state index contributed by atoms with van der Waals surface area (Å²) in [5.74, 6) is 1.15. The van der Waals surface area contributed by atoms with Crippen molar-refractivity contribution < 1.29 is 9.53 Å². The highest BCUT2D eigenvalue weighted by Gasteiger charge is 2.37. The van der Waals surface area contributed by atoms with Gasteiger partial charge in [-0.15, -0.1) is 0 Å². The number of nitrogens with zero attached hydrogens (tertiary/aromatic N) is 2. The molecular weight excluding hydrogens is 268 g/mol. The summed E-state index contributed by atoms with van der Waals surface area (Å²) < 4.78 is 5.64. The molecule has 0 spiro atoms. The van der Waals surface area contributed by atoms with Gasteiger partial charge < -0.3 is 15.4 Å². The fourth-order valence-electron chi connectivity index (χ4n) is 2.79. The van der Waals surface area contributed by atoms with E-state index in [0.29, 0.717) is 18.3 Å². The fourth-order valence-corrected chi connectivity index (χ4v) is 2.79. The lowest BCUT2D eigenvalue weighted by Crippen LogP contribution is -2.44. The van der Waals surface area contributed by atoms with E-state index in [4.69, 9.17) is 4.74 Å². The van der Waals surface area contributed by atoms with E-state index in [1.54, 1.807) is 18.5 Å². The molecule has 2 atom stereocenters. The average Bonchev–Trinajstić information content (AvgIpc) is 3.22. The summed E-state index contributed by atoms with van der Waals surface area (Å²) in [5, 5.41) is 6.01. The Morgan fingerprint density at radius 1 is 1.38 bits per heavy atom. The van der Waals surface area contributed by atoms with Gasteiger partial charge >= 0.3 is 6.03 Å². The van der Waals surface area contributed by atoms with E-state index in [0.717, 1.165) is 19.3 Å². The van der Waals surface area contributed by atoms with Crippen molar-refractivity contribution >= 4 is 6.03 Å². The number of hydrogen-bond donors (Lipinski definition) is 2. The highest BCUT2D eigenvalue weighted by atomic mass is 16.5. The first-order valence-electron chi connectivity index (χ1n) is 7.51. The number of carbonyl (C=O) groups is 1. The van der Waals surface area contributed by atoms with Crippen LogP contribution in [-0.4, -0.2) is 34.2 Å². The SMILES string of the molecule is CC1(C)CC(NC(=O)NC(c2ncccn2)C2CC2)CO1. The largest absolute Gasteiger partial charge is 0.373 e. The summed E-state index contributed by atoms with van der Waals surface area (Å²) in [6.45, 7) is 4.64. The van der Waals surface area contributed by atoms with Crippen LogP contribution in [0.2, 0.25) is 0 Å². The van der Waals surface area contributed by atoms with Crippen molar-refractivity contribution in [1.29, 1.82) is 0 Å².